The summed E-state index contributed by atoms with van der Waals surface area (Å²) in [5.41, 5.74) is 2.39. The van der Waals surface area contributed by atoms with Crippen LogP contribution >= 0.6 is 0 Å². The first-order chi connectivity index (χ1) is 15.6. The van der Waals surface area contributed by atoms with E-state index in [1.165, 1.54) is 18.2 Å². The molecule has 2 aromatic heterocycles. The number of fused-ring (bicyclic) bond motifs is 3. The number of aromatic amines is 1. The Bertz CT molecular complexity index is 1530. The summed E-state index contributed by atoms with van der Waals surface area (Å²) in [7, 11) is 0. The molecule has 1 amide bonds. The number of rotatable bonds is 4. The predicted octanol–water partition coefficient (Wildman–Crippen LogP) is 5.21. The third kappa shape index (κ3) is 3.56. The molecule has 156 valence electrons. The molecule has 0 aliphatic heterocycles. The van der Waals surface area contributed by atoms with Gasteiger partial charge in [-0.25, -0.2) is 9.37 Å². The van der Waals surface area contributed by atoms with Gasteiger partial charge in [0.25, 0.3) is 11.5 Å². The van der Waals surface area contributed by atoms with Gasteiger partial charge < -0.3 is 15.6 Å². The van der Waals surface area contributed by atoms with Crippen molar-refractivity contribution in [2.75, 3.05) is 10.6 Å². The van der Waals surface area contributed by atoms with Crippen LogP contribution in [0.5, 0.6) is 0 Å². The molecule has 0 radical (unpaired) electrons. The van der Waals surface area contributed by atoms with Crippen molar-refractivity contribution in [3.8, 4) is 0 Å². The summed E-state index contributed by atoms with van der Waals surface area (Å²) in [6, 6.07) is 22.1. The highest BCUT2D eigenvalue weighted by Crippen LogP contribution is 2.29. The molecule has 5 rings (SSSR count). The predicted molar refractivity (Wildman–Crippen MR) is 124 cm³/mol. The number of benzene rings is 3. The zero-order valence-electron chi connectivity index (χ0n) is 16.7. The Morgan fingerprint density at radius 2 is 1.53 bits per heavy atom. The largest absolute Gasteiger partial charge is 0.355 e. The highest BCUT2D eigenvalue weighted by molar-refractivity contribution is 6.11. The molecule has 0 fully saturated rings. The molecule has 3 aromatic carbocycles. The fourth-order valence-corrected chi connectivity index (χ4v) is 3.64. The van der Waals surface area contributed by atoms with Crippen LogP contribution < -0.4 is 16.2 Å². The average Bonchev–Trinajstić information content (AvgIpc) is 2.81. The van der Waals surface area contributed by atoms with Crippen LogP contribution in [0, 0.1) is 5.82 Å². The lowest BCUT2D eigenvalue weighted by Gasteiger charge is -2.12. The maximum absolute atomic E-state index is 13.8. The standard InChI is InChI=1S/C25H17FN4O2/c26-20-8-4-3-7-19(20)25(32)29-16-11-9-15(10-12-16)28-21-13-14-27-23-22(21)17-5-1-2-6-18(17)24(31)30-23/h1-14H,(H,29,32)(H2,27,28,30,31). The zero-order valence-corrected chi connectivity index (χ0v) is 16.7. The molecule has 2 heterocycles. The lowest BCUT2D eigenvalue weighted by molar-refractivity contribution is 0.102. The van der Waals surface area contributed by atoms with Gasteiger partial charge in [-0.3, -0.25) is 9.59 Å². The van der Waals surface area contributed by atoms with Crippen molar-refractivity contribution in [2.24, 2.45) is 0 Å². The third-order valence-electron chi connectivity index (χ3n) is 5.16. The van der Waals surface area contributed by atoms with E-state index in [2.05, 4.69) is 20.6 Å². The van der Waals surface area contributed by atoms with Gasteiger partial charge >= 0.3 is 0 Å². The highest BCUT2D eigenvalue weighted by Gasteiger charge is 2.12. The summed E-state index contributed by atoms with van der Waals surface area (Å²) >= 11 is 0. The first-order valence-electron chi connectivity index (χ1n) is 9.93. The summed E-state index contributed by atoms with van der Waals surface area (Å²) in [5, 5.41) is 8.23. The number of anilines is 3. The van der Waals surface area contributed by atoms with Gasteiger partial charge in [0.2, 0.25) is 0 Å². The van der Waals surface area contributed by atoms with Gasteiger partial charge in [0.1, 0.15) is 11.5 Å². The van der Waals surface area contributed by atoms with E-state index < -0.39 is 11.7 Å². The number of carbonyl (C=O) groups excluding carboxylic acids is 1. The molecule has 5 aromatic rings. The van der Waals surface area contributed by atoms with Crippen LogP contribution in [0.4, 0.5) is 21.5 Å². The Kier molecular flexibility index (Phi) is 4.84. The SMILES string of the molecule is O=C(Nc1ccc(Nc2ccnc3[nH]c(=O)c4ccccc4c23)cc1)c1ccccc1F. The van der Waals surface area contributed by atoms with Crippen LogP contribution in [-0.4, -0.2) is 15.9 Å². The molecule has 6 nitrogen and oxygen atoms in total. The first kappa shape index (κ1) is 19.4. The molecule has 32 heavy (non-hydrogen) atoms. The van der Waals surface area contributed by atoms with E-state index in [4.69, 9.17) is 0 Å². The minimum Gasteiger partial charge on any atom is -0.355 e. The molecular formula is C25H17FN4O2. The van der Waals surface area contributed by atoms with Crippen molar-refractivity contribution in [1.82, 2.24) is 9.97 Å². The third-order valence-corrected chi connectivity index (χ3v) is 5.16. The van der Waals surface area contributed by atoms with Crippen LogP contribution in [-0.2, 0) is 0 Å². The van der Waals surface area contributed by atoms with E-state index in [9.17, 15) is 14.0 Å². The molecule has 0 aliphatic carbocycles. The van der Waals surface area contributed by atoms with E-state index in [0.29, 0.717) is 16.7 Å². The second-order valence-electron chi connectivity index (χ2n) is 7.22. The second-order valence-corrected chi connectivity index (χ2v) is 7.22. The number of nitrogens with zero attached hydrogens (tertiary/aromatic N) is 1. The molecule has 0 saturated heterocycles. The van der Waals surface area contributed by atoms with Gasteiger partial charge in [0.05, 0.1) is 11.3 Å². The Hall–Kier alpha value is -4.52. The maximum atomic E-state index is 13.8. The van der Waals surface area contributed by atoms with Crippen molar-refractivity contribution in [3.63, 3.8) is 0 Å². The quantitative estimate of drug-likeness (QED) is 0.346. The van der Waals surface area contributed by atoms with Crippen molar-refractivity contribution in [1.29, 1.82) is 0 Å². The molecule has 7 heteroatoms. The number of aromatic nitrogens is 2. The smallest absolute Gasteiger partial charge is 0.258 e. The second kappa shape index (κ2) is 7.96. The Morgan fingerprint density at radius 1 is 0.844 bits per heavy atom. The summed E-state index contributed by atoms with van der Waals surface area (Å²) < 4.78 is 13.8. The minimum atomic E-state index is -0.571. The van der Waals surface area contributed by atoms with Gasteiger partial charge in [0, 0.05) is 33.7 Å². The Balaban J connectivity index is 1.44. The van der Waals surface area contributed by atoms with Gasteiger partial charge in [-0.2, -0.15) is 0 Å². The van der Waals surface area contributed by atoms with Crippen LogP contribution in [0.2, 0.25) is 0 Å². The Morgan fingerprint density at radius 3 is 2.31 bits per heavy atom. The summed E-state index contributed by atoms with van der Waals surface area (Å²) in [6.07, 6.45) is 1.62. The number of carbonyl (C=O) groups is 1. The van der Waals surface area contributed by atoms with E-state index >= 15 is 0 Å². The minimum absolute atomic E-state index is 0.0150. The number of H-pyrrole nitrogens is 1. The number of pyridine rings is 2. The first-order valence-corrected chi connectivity index (χ1v) is 9.93. The highest BCUT2D eigenvalue weighted by atomic mass is 19.1. The van der Waals surface area contributed by atoms with E-state index in [1.54, 1.807) is 42.6 Å². The molecule has 0 spiro atoms. The van der Waals surface area contributed by atoms with Gasteiger partial charge in [-0.05, 0) is 48.5 Å². The van der Waals surface area contributed by atoms with Crippen LogP contribution in [0.1, 0.15) is 10.4 Å². The molecule has 3 N–H and O–H groups in total. The summed E-state index contributed by atoms with van der Waals surface area (Å²) in [5.74, 6) is -1.09. The van der Waals surface area contributed by atoms with Crippen molar-refractivity contribution in [2.45, 2.75) is 0 Å². The van der Waals surface area contributed by atoms with Crippen LogP contribution in [0.3, 0.4) is 0 Å². The topological polar surface area (TPSA) is 86.9 Å². The van der Waals surface area contributed by atoms with Gasteiger partial charge in [-0.15, -0.1) is 0 Å². The van der Waals surface area contributed by atoms with Gasteiger partial charge in [0.15, 0.2) is 0 Å². The number of hydrogen-bond donors (Lipinski definition) is 3. The molecule has 0 unspecified atom stereocenters. The molecule has 0 saturated carbocycles. The molecular weight excluding hydrogens is 407 g/mol. The normalized spacial score (nSPS) is 10.9. The number of halogens is 1. The monoisotopic (exact) mass is 424 g/mol. The lowest BCUT2D eigenvalue weighted by atomic mass is 10.1. The van der Waals surface area contributed by atoms with Crippen molar-refractivity contribution in [3.05, 3.63) is 107 Å². The molecule has 0 aliphatic rings. The van der Waals surface area contributed by atoms with Gasteiger partial charge in [-0.1, -0.05) is 30.3 Å². The van der Waals surface area contributed by atoms with Crippen LogP contribution in [0.25, 0.3) is 21.8 Å². The molecule has 0 atom stereocenters. The summed E-state index contributed by atoms with van der Waals surface area (Å²) in [4.78, 5) is 31.8. The van der Waals surface area contributed by atoms with Crippen molar-refractivity contribution >= 4 is 44.8 Å². The lowest BCUT2D eigenvalue weighted by Crippen LogP contribution is -2.13. The fourth-order valence-electron chi connectivity index (χ4n) is 3.64. The van der Waals surface area contributed by atoms with E-state index in [1.807, 2.05) is 24.3 Å². The number of nitrogens with one attached hydrogen (secondary N) is 3. The Labute approximate surface area is 181 Å². The van der Waals surface area contributed by atoms with E-state index in [-0.39, 0.29) is 11.1 Å². The average molecular weight is 424 g/mol. The maximum Gasteiger partial charge on any atom is 0.258 e. The van der Waals surface area contributed by atoms with Crippen molar-refractivity contribution < 1.29 is 9.18 Å². The zero-order chi connectivity index (χ0) is 22.1. The molecule has 0 bridgehead atoms. The fraction of sp³-hybridized carbons (Fsp3) is 0. The number of amides is 1. The van der Waals surface area contributed by atoms with Crippen LogP contribution in [0.15, 0.2) is 89.9 Å². The summed E-state index contributed by atoms with van der Waals surface area (Å²) in [6.45, 7) is 0. The van der Waals surface area contributed by atoms with E-state index in [0.717, 1.165) is 22.1 Å². The number of hydrogen-bond acceptors (Lipinski definition) is 4.